The molecule has 2 heterocycles. The summed E-state index contributed by atoms with van der Waals surface area (Å²) in [4.78, 5) is 9.05. The van der Waals surface area contributed by atoms with Crippen LogP contribution in [0, 0.1) is 25.5 Å². The Hall–Kier alpha value is -2.70. The minimum atomic E-state index is -0.599. The molecule has 0 aliphatic rings. The highest BCUT2D eigenvalue weighted by molar-refractivity contribution is 5.66. The molecule has 0 saturated heterocycles. The maximum Gasteiger partial charge on any atom is 0.126 e. The second kappa shape index (κ2) is 10.4. The lowest BCUT2D eigenvalue weighted by Gasteiger charge is -2.20. The van der Waals surface area contributed by atoms with Crippen LogP contribution < -0.4 is 11.1 Å². The van der Waals surface area contributed by atoms with Crippen LogP contribution in [0.4, 0.5) is 8.78 Å². The molecule has 0 aliphatic heterocycles. The van der Waals surface area contributed by atoms with E-state index >= 15 is 0 Å². The summed E-state index contributed by atoms with van der Waals surface area (Å²) in [5.41, 5.74) is 11.0. The van der Waals surface area contributed by atoms with Gasteiger partial charge in [-0.15, -0.1) is 0 Å². The van der Waals surface area contributed by atoms with Gasteiger partial charge in [0, 0.05) is 48.7 Å². The van der Waals surface area contributed by atoms with Crippen molar-refractivity contribution in [1.82, 2.24) is 15.3 Å². The first-order valence-corrected chi connectivity index (χ1v) is 10.2. The molecule has 6 heteroatoms. The highest BCUT2D eigenvalue weighted by atomic mass is 19.1. The van der Waals surface area contributed by atoms with Gasteiger partial charge >= 0.3 is 0 Å². The van der Waals surface area contributed by atoms with E-state index in [0.717, 1.165) is 47.0 Å². The Morgan fingerprint density at radius 3 is 2.50 bits per heavy atom. The van der Waals surface area contributed by atoms with Crippen LogP contribution >= 0.6 is 0 Å². The van der Waals surface area contributed by atoms with E-state index in [4.69, 9.17) is 5.73 Å². The van der Waals surface area contributed by atoms with Crippen LogP contribution in [0.15, 0.2) is 48.8 Å². The average Bonchev–Trinajstić information content (AvgIpc) is 2.70. The first-order chi connectivity index (χ1) is 14.5. The number of nitrogens with one attached hydrogen (secondary N) is 1. The molecule has 30 heavy (non-hydrogen) atoms. The van der Waals surface area contributed by atoms with E-state index in [1.54, 1.807) is 12.3 Å². The monoisotopic (exact) mass is 410 g/mol. The van der Waals surface area contributed by atoms with Gasteiger partial charge in [-0.2, -0.15) is 0 Å². The number of halogens is 2. The van der Waals surface area contributed by atoms with E-state index in [0.29, 0.717) is 25.1 Å². The second-order valence-electron chi connectivity index (χ2n) is 7.64. The third kappa shape index (κ3) is 5.90. The van der Waals surface area contributed by atoms with E-state index in [1.807, 2.05) is 19.2 Å². The number of rotatable bonds is 9. The van der Waals surface area contributed by atoms with Gasteiger partial charge in [-0.05, 0) is 68.1 Å². The van der Waals surface area contributed by atoms with E-state index < -0.39 is 11.6 Å². The minimum absolute atomic E-state index is 0.114. The van der Waals surface area contributed by atoms with Crippen molar-refractivity contribution in [2.24, 2.45) is 5.73 Å². The average molecular weight is 411 g/mol. The summed E-state index contributed by atoms with van der Waals surface area (Å²) in [7, 11) is 0. The maximum atomic E-state index is 13.8. The van der Waals surface area contributed by atoms with Gasteiger partial charge in [0.05, 0.1) is 5.69 Å². The van der Waals surface area contributed by atoms with Crippen LogP contribution in [0.5, 0.6) is 0 Å². The molecule has 0 amide bonds. The fourth-order valence-electron chi connectivity index (χ4n) is 3.62. The molecule has 0 aliphatic carbocycles. The molecule has 0 spiro atoms. The summed E-state index contributed by atoms with van der Waals surface area (Å²) < 4.78 is 27.5. The van der Waals surface area contributed by atoms with Gasteiger partial charge in [-0.3, -0.25) is 9.97 Å². The van der Waals surface area contributed by atoms with E-state index in [2.05, 4.69) is 28.3 Å². The molecule has 3 rings (SSSR count). The first kappa shape index (κ1) is 22.0. The number of aromatic nitrogens is 2. The molecule has 4 nitrogen and oxygen atoms in total. The van der Waals surface area contributed by atoms with Crippen molar-refractivity contribution in [1.29, 1.82) is 0 Å². The third-order valence-electron chi connectivity index (χ3n) is 5.14. The van der Waals surface area contributed by atoms with Crippen molar-refractivity contribution < 1.29 is 8.78 Å². The molecular weight excluding hydrogens is 382 g/mol. The number of nitrogens with two attached hydrogens (primary N) is 1. The van der Waals surface area contributed by atoms with Gasteiger partial charge in [0.15, 0.2) is 0 Å². The van der Waals surface area contributed by atoms with E-state index in [1.165, 1.54) is 12.1 Å². The predicted octanol–water partition coefficient (Wildman–Crippen LogP) is 4.48. The lowest BCUT2D eigenvalue weighted by atomic mass is 9.97. The Morgan fingerprint density at radius 1 is 1.03 bits per heavy atom. The summed E-state index contributed by atoms with van der Waals surface area (Å²) in [5.74, 6) is -1.20. The quantitative estimate of drug-likeness (QED) is 0.546. The van der Waals surface area contributed by atoms with Crippen LogP contribution in [0.3, 0.4) is 0 Å². The Kier molecular flexibility index (Phi) is 7.60. The van der Waals surface area contributed by atoms with E-state index in [9.17, 15) is 8.78 Å². The molecule has 0 bridgehead atoms. The first-order valence-electron chi connectivity index (χ1n) is 10.2. The summed E-state index contributed by atoms with van der Waals surface area (Å²) in [6.45, 7) is 5.32. The molecule has 0 radical (unpaired) electrons. The van der Waals surface area contributed by atoms with Gasteiger partial charge < -0.3 is 11.1 Å². The summed E-state index contributed by atoms with van der Waals surface area (Å²) in [5, 5.41) is 3.57. The number of benzene rings is 1. The largest absolute Gasteiger partial charge is 0.330 e. The zero-order valence-electron chi connectivity index (χ0n) is 17.5. The van der Waals surface area contributed by atoms with Crippen molar-refractivity contribution in [2.45, 2.75) is 45.7 Å². The van der Waals surface area contributed by atoms with Crippen molar-refractivity contribution in [3.63, 3.8) is 0 Å². The van der Waals surface area contributed by atoms with Crippen LogP contribution in [0.2, 0.25) is 0 Å². The molecule has 0 saturated carbocycles. The summed E-state index contributed by atoms with van der Waals surface area (Å²) in [6, 6.07) is 9.42. The molecular formula is C24H28F2N4. The molecule has 3 aromatic rings. The minimum Gasteiger partial charge on any atom is -0.330 e. The standard InChI is InChI=1S/C24H28F2N4/c1-16-9-17(2)24(30-14-16)15-29-21(5-3-7-27)13-23-22(6-4-8-28-23)18-10-19(25)12-20(26)11-18/h4,6,8-12,14,21,29H,3,5,7,13,15,27H2,1-2H3. The zero-order chi connectivity index (χ0) is 21.5. The number of hydrogen-bond donors (Lipinski definition) is 2. The molecule has 158 valence electrons. The topological polar surface area (TPSA) is 63.8 Å². The fraction of sp³-hybridized carbons (Fsp3) is 0.333. The van der Waals surface area contributed by atoms with Gasteiger partial charge in [-0.25, -0.2) is 8.78 Å². The van der Waals surface area contributed by atoms with Crippen LogP contribution in [-0.2, 0) is 13.0 Å². The SMILES string of the molecule is Cc1cnc(CNC(CCCN)Cc2ncccc2-c2cc(F)cc(F)c2)c(C)c1. The molecule has 1 atom stereocenters. The summed E-state index contributed by atoms with van der Waals surface area (Å²) >= 11 is 0. The van der Waals surface area contributed by atoms with Gasteiger partial charge in [0.2, 0.25) is 0 Å². The van der Waals surface area contributed by atoms with Gasteiger partial charge in [0.1, 0.15) is 11.6 Å². The van der Waals surface area contributed by atoms with Crippen LogP contribution in [0.25, 0.3) is 11.1 Å². The zero-order valence-corrected chi connectivity index (χ0v) is 17.5. The summed E-state index contributed by atoms with van der Waals surface area (Å²) in [6.07, 6.45) is 5.94. The molecule has 1 aromatic carbocycles. The van der Waals surface area contributed by atoms with Crippen molar-refractivity contribution in [3.05, 3.63) is 82.9 Å². The highest BCUT2D eigenvalue weighted by Crippen LogP contribution is 2.25. The van der Waals surface area contributed by atoms with Crippen molar-refractivity contribution >= 4 is 0 Å². The Balaban J connectivity index is 1.81. The molecule has 0 fully saturated rings. The van der Waals surface area contributed by atoms with Crippen molar-refractivity contribution in [2.75, 3.05) is 6.54 Å². The predicted molar refractivity (Wildman–Crippen MR) is 116 cm³/mol. The lowest BCUT2D eigenvalue weighted by Crippen LogP contribution is -2.32. The van der Waals surface area contributed by atoms with Crippen molar-refractivity contribution in [3.8, 4) is 11.1 Å². The number of pyridine rings is 2. The van der Waals surface area contributed by atoms with Crippen LogP contribution in [-0.4, -0.2) is 22.6 Å². The number of hydrogen-bond acceptors (Lipinski definition) is 4. The number of nitrogens with zero attached hydrogens (tertiary/aromatic N) is 2. The Labute approximate surface area is 176 Å². The fourth-order valence-corrected chi connectivity index (χ4v) is 3.62. The van der Waals surface area contributed by atoms with E-state index in [-0.39, 0.29) is 6.04 Å². The van der Waals surface area contributed by atoms with Gasteiger partial charge in [0.25, 0.3) is 0 Å². The Morgan fingerprint density at radius 2 is 1.80 bits per heavy atom. The second-order valence-corrected chi connectivity index (χ2v) is 7.64. The third-order valence-corrected chi connectivity index (χ3v) is 5.14. The molecule has 3 N–H and O–H groups in total. The van der Waals surface area contributed by atoms with Crippen LogP contribution in [0.1, 0.15) is 35.4 Å². The smallest absolute Gasteiger partial charge is 0.126 e. The molecule has 1 unspecified atom stereocenters. The lowest BCUT2D eigenvalue weighted by molar-refractivity contribution is 0.459. The normalized spacial score (nSPS) is 12.2. The van der Waals surface area contributed by atoms with Gasteiger partial charge in [-0.1, -0.05) is 12.1 Å². The number of aryl methyl sites for hydroxylation is 2. The maximum absolute atomic E-state index is 13.8. The Bertz CT molecular complexity index is 970. The highest BCUT2D eigenvalue weighted by Gasteiger charge is 2.15. The molecule has 2 aromatic heterocycles.